The molecule has 1 aliphatic heterocycles. The van der Waals surface area contributed by atoms with Gasteiger partial charge < -0.3 is 14.8 Å². The number of hydrogen-bond donors (Lipinski definition) is 1. The van der Waals surface area contributed by atoms with Gasteiger partial charge in [0, 0.05) is 13.0 Å². The Kier molecular flexibility index (Phi) is 5.87. The maximum Gasteiger partial charge on any atom is 0.416 e. The first-order chi connectivity index (χ1) is 10.9. The van der Waals surface area contributed by atoms with Gasteiger partial charge in [0.25, 0.3) is 0 Å². The lowest BCUT2D eigenvalue weighted by molar-refractivity contribution is -0.137. The van der Waals surface area contributed by atoms with E-state index in [-0.39, 0.29) is 29.9 Å². The highest BCUT2D eigenvalue weighted by molar-refractivity contribution is 5.92. The molecule has 4 nitrogen and oxygen atoms in total. The van der Waals surface area contributed by atoms with Gasteiger partial charge in [-0.3, -0.25) is 4.79 Å². The van der Waals surface area contributed by atoms with Crippen molar-refractivity contribution in [1.29, 1.82) is 0 Å². The minimum Gasteiger partial charge on any atom is -0.492 e. The van der Waals surface area contributed by atoms with Gasteiger partial charge in [-0.2, -0.15) is 13.2 Å². The third kappa shape index (κ3) is 5.13. The number of anilines is 1. The molecular weight excluding hydrogens is 311 g/mol. The molecular formula is C16H20F3NO3. The number of rotatable bonds is 6. The lowest BCUT2D eigenvalue weighted by Crippen LogP contribution is -2.16. The number of halogens is 3. The number of carbonyl (C=O) groups excluding carboxylic acids is 1. The number of amides is 1. The molecule has 0 saturated carbocycles. The molecule has 1 saturated heterocycles. The Morgan fingerprint density at radius 1 is 1.43 bits per heavy atom. The summed E-state index contributed by atoms with van der Waals surface area (Å²) in [6.45, 7) is 2.72. The quantitative estimate of drug-likeness (QED) is 0.857. The molecule has 7 heteroatoms. The van der Waals surface area contributed by atoms with E-state index in [9.17, 15) is 18.0 Å². The van der Waals surface area contributed by atoms with Crippen molar-refractivity contribution < 1.29 is 27.4 Å². The van der Waals surface area contributed by atoms with Gasteiger partial charge in [0.1, 0.15) is 5.75 Å². The van der Waals surface area contributed by atoms with Crippen LogP contribution in [0.4, 0.5) is 18.9 Å². The van der Waals surface area contributed by atoms with Crippen molar-refractivity contribution >= 4 is 11.6 Å². The molecule has 1 N–H and O–H groups in total. The fraction of sp³-hybridized carbons (Fsp3) is 0.562. The van der Waals surface area contributed by atoms with E-state index in [0.717, 1.165) is 25.0 Å². The summed E-state index contributed by atoms with van der Waals surface area (Å²) in [6, 6.07) is 3.06. The van der Waals surface area contributed by atoms with Gasteiger partial charge >= 0.3 is 6.18 Å². The van der Waals surface area contributed by atoms with Crippen molar-refractivity contribution in [2.24, 2.45) is 0 Å². The predicted molar refractivity (Wildman–Crippen MR) is 79.5 cm³/mol. The van der Waals surface area contributed by atoms with Crippen LogP contribution in [-0.2, 0) is 15.7 Å². The molecule has 1 aromatic rings. The van der Waals surface area contributed by atoms with Crippen LogP contribution in [0.1, 0.15) is 38.2 Å². The predicted octanol–water partition coefficient (Wildman–Crippen LogP) is 4.00. The third-order valence-corrected chi connectivity index (χ3v) is 3.60. The van der Waals surface area contributed by atoms with Crippen LogP contribution in [0.2, 0.25) is 0 Å². The molecule has 1 amide bonds. The van der Waals surface area contributed by atoms with Gasteiger partial charge in [-0.1, -0.05) is 0 Å². The van der Waals surface area contributed by atoms with E-state index in [2.05, 4.69) is 5.32 Å². The summed E-state index contributed by atoms with van der Waals surface area (Å²) in [7, 11) is 0. The summed E-state index contributed by atoms with van der Waals surface area (Å²) < 4.78 is 49.1. The standard InChI is InChI=1S/C16H20F3NO3/c1-2-22-14-7-5-11(16(17,18)19)10-13(14)20-15(21)8-6-12-4-3-9-23-12/h5,7,10,12H,2-4,6,8-9H2,1H3,(H,20,21). The van der Waals surface area contributed by atoms with Crippen molar-refractivity contribution in [1.82, 2.24) is 0 Å². The van der Waals surface area contributed by atoms with E-state index in [1.54, 1.807) is 6.92 Å². The minimum atomic E-state index is -4.47. The highest BCUT2D eigenvalue weighted by Crippen LogP contribution is 2.35. The number of benzene rings is 1. The number of carbonyl (C=O) groups is 1. The zero-order valence-corrected chi connectivity index (χ0v) is 12.9. The molecule has 1 heterocycles. The molecule has 1 fully saturated rings. The van der Waals surface area contributed by atoms with Gasteiger partial charge in [-0.25, -0.2) is 0 Å². The van der Waals surface area contributed by atoms with Gasteiger partial charge in [0.15, 0.2) is 0 Å². The van der Waals surface area contributed by atoms with Crippen LogP contribution in [0, 0.1) is 0 Å². The summed E-state index contributed by atoms with van der Waals surface area (Å²) in [5, 5.41) is 2.51. The molecule has 1 atom stereocenters. The summed E-state index contributed by atoms with van der Waals surface area (Å²) in [5.74, 6) is -0.119. The fourth-order valence-electron chi connectivity index (χ4n) is 2.46. The first kappa shape index (κ1) is 17.6. The van der Waals surface area contributed by atoms with E-state index in [4.69, 9.17) is 9.47 Å². The normalized spacial score (nSPS) is 18.0. The van der Waals surface area contributed by atoms with Gasteiger partial charge in [0.05, 0.1) is 24.0 Å². The molecule has 0 bridgehead atoms. The highest BCUT2D eigenvalue weighted by Gasteiger charge is 2.31. The van der Waals surface area contributed by atoms with Crippen LogP contribution in [0.3, 0.4) is 0 Å². The van der Waals surface area contributed by atoms with Crippen molar-refractivity contribution in [2.45, 2.75) is 44.9 Å². The maximum atomic E-state index is 12.8. The van der Waals surface area contributed by atoms with Gasteiger partial charge in [-0.05, 0) is 44.4 Å². The third-order valence-electron chi connectivity index (χ3n) is 3.60. The Balaban J connectivity index is 2.04. The van der Waals surface area contributed by atoms with Crippen LogP contribution in [0.15, 0.2) is 18.2 Å². The van der Waals surface area contributed by atoms with Crippen LogP contribution >= 0.6 is 0 Å². The maximum absolute atomic E-state index is 12.8. The van der Waals surface area contributed by atoms with Gasteiger partial charge in [-0.15, -0.1) is 0 Å². The minimum absolute atomic E-state index is 0.0408. The average Bonchev–Trinajstić information content (AvgIpc) is 2.99. The first-order valence-corrected chi connectivity index (χ1v) is 7.65. The largest absolute Gasteiger partial charge is 0.492 e. The lowest BCUT2D eigenvalue weighted by atomic mass is 10.1. The molecule has 0 aliphatic carbocycles. The molecule has 23 heavy (non-hydrogen) atoms. The Bertz CT molecular complexity index is 540. The molecule has 0 radical (unpaired) electrons. The molecule has 1 unspecified atom stereocenters. The molecule has 128 valence electrons. The highest BCUT2D eigenvalue weighted by atomic mass is 19.4. The molecule has 1 aliphatic rings. The molecule has 2 rings (SSSR count). The summed E-state index contributed by atoms with van der Waals surface area (Å²) in [5.41, 5.74) is -0.783. The SMILES string of the molecule is CCOc1ccc(C(F)(F)F)cc1NC(=O)CCC1CCCO1. The fourth-order valence-corrected chi connectivity index (χ4v) is 2.46. The van der Waals surface area contributed by atoms with E-state index in [1.165, 1.54) is 6.07 Å². The second-order valence-corrected chi connectivity index (χ2v) is 5.36. The van der Waals surface area contributed by atoms with Crippen LogP contribution in [0.5, 0.6) is 5.75 Å². The molecule has 0 spiro atoms. The van der Waals surface area contributed by atoms with E-state index in [1.807, 2.05) is 0 Å². The van der Waals surface area contributed by atoms with Crippen LogP contribution in [-0.4, -0.2) is 25.2 Å². The lowest BCUT2D eigenvalue weighted by Gasteiger charge is -2.15. The first-order valence-electron chi connectivity index (χ1n) is 7.65. The number of ether oxygens (including phenoxy) is 2. The van der Waals surface area contributed by atoms with Crippen LogP contribution in [0.25, 0.3) is 0 Å². The van der Waals surface area contributed by atoms with Crippen molar-refractivity contribution in [2.75, 3.05) is 18.5 Å². The summed E-state index contributed by atoms with van der Waals surface area (Å²) >= 11 is 0. The van der Waals surface area contributed by atoms with E-state index in [0.29, 0.717) is 19.6 Å². The zero-order chi connectivity index (χ0) is 16.9. The van der Waals surface area contributed by atoms with Crippen molar-refractivity contribution in [3.63, 3.8) is 0 Å². The summed E-state index contributed by atoms with van der Waals surface area (Å²) in [4.78, 5) is 12.0. The number of nitrogens with one attached hydrogen (secondary N) is 1. The average molecular weight is 331 g/mol. The molecule has 0 aromatic heterocycles. The Morgan fingerprint density at radius 3 is 2.83 bits per heavy atom. The van der Waals surface area contributed by atoms with Gasteiger partial charge in [0.2, 0.25) is 5.91 Å². The van der Waals surface area contributed by atoms with Crippen molar-refractivity contribution in [3.05, 3.63) is 23.8 Å². The number of alkyl halides is 3. The Hall–Kier alpha value is -1.76. The molecule has 1 aromatic carbocycles. The smallest absolute Gasteiger partial charge is 0.416 e. The topological polar surface area (TPSA) is 47.6 Å². The Labute approximate surface area is 133 Å². The van der Waals surface area contributed by atoms with E-state index < -0.39 is 11.7 Å². The monoisotopic (exact) mass is 331 g/mol. The van der Waals surface area contributed by atoms with Crippen molar-refractivity contribution in [3.8, 4) is 5.75 Å². The number of hydrogen-bond acceptors (Lipinski definition) is 3. The zero-order valence-electron chi connectivity index (χ0n) is 12.9. The van der Waals surface area contributed by atoms with E-state index >= 15 is 0 Å². The summed E-state index contributed by atoms with van der Waals surface area (Å²) in [6.07, 6.45) is -1.74. The second-order valence-electron chi connectivity index (χ2n) is 5.36. The van der Waals surface area contributed by atoms with Crippen LogP contribution < -0.4 is 10.1 Å². The Morgan fingerprint density at radius 2 is 2.22 bits per heavy atom. The second kappa shape index (κ2) is 7.68.